The van der Waals surface area contributed by atoms with Gasteiger partial charge in [0, 0.05) is 18.5 Å². The van der Waals surface area contributed by atoms with Crippen molar-refractivity contribution >= 4 is 11.0 Å². The summed E-state index contributed by atoms with van der Waals surface area (Å²) in [5.74, 6) is 1.16. The van der Waals surface area contributed by atoms with Gasteiger partial charge in [-0.15, -0.1) is 0 Å². The molecule has 1 atom stereocenters. The van der Waals surface area contributed by atoms with Gasteiger partial charge in [0.15, 0.2) is 0 Å². The van der Waals surface area contributed by atoms with E-state index in [-0.39, 0.29) is 11.0 Å². The van der Waals surface area contributed by atoms with Crippen molar-refractivity contribution in [3.63, 3.8) is 0 Å². The molecule has 1 aromatic carbocycles. The van der Waals surface area contributed by atoms with Crippen LogP contribution < -0.4 is 5.73 Å². The number of hydrogen-bond acceptors (Lipinski definition) is 2. The quantitative estimate of drug-likeness (QED) is 0.926. The number of aryl methyl sites for hydroxylation is 1. The molecule has 0 radical (unpaired) electrons. The molecule has 1 heterocycles. The van der Waals surface area contributed by atoms with Gasteiger partial charge in [0.2, 0.25) is 0 Å². The summed E-state index contributed by atoms with van der Waals surface area (Å²) >= 11 is 0. The second-order valence-corrected chi connectivity index (χ2v) is 7.24. The van der Waals surface area contributed by atoms with Crippen LogP contribution in [0.5, 0.6) is 0 Å². The number of nitrogens with two attached hydrogens (primary N) is 1. The minimum absolute atomic E-state index is 0.125. The molecule has 1 saturated carbocycles. The minimum atomic E-state index is -0.125. The first-order valence-electron chi connectivity index (χ1n) is 8.20. The van der Waals surface area contributed by atoms with Crippen molar-refractivity contribution in [2.75, 3.05) is 0 Å². The molecule has 3 heteroatoms. The molecule has 114 valence electrons. The zero-order valence-electron chi connectivity index (χ0n) is 13.5. The highest BCUT2D eigenvalue weighted by atomic mass is 15.1. The lowest BCUT2D eigenvalue weighted by Crippen LogP contribution is -2.51. The predicted molar refractivity (Wildman–Crippen MR) is 88.3 cm³/mol. The van der Waals surface area contributed by atoms with E-state index in [1.165, 1.54) is 18.4 Å². The van der Waals surface area contributed by atoms with E-state index in [1.54, 1.807) is 0 Å². The number of fused-ring (bicyclic) bond motifs is 1. The third kappa shape index (κ3) is 2.38. The monoisotopic (exact) mass is 285 g/mol. The number of nitrogens with zero attached hydrogens (tertiary/aromatic N) is 2. The number of rotatable bonds is 4. The summed E-state index contributed by atoms with van der Waals surface area (Å²) in [6.07, 6.45) is 5.56. The molecule has 0 saturated heterocycles. The maximum Gasteiger partial charge on any atom is 0.111 e. The van der Waals surface area contributed by atoms with Crippen molar-refractivity contribution in [3.05, 3.63) is 30.1 Å². The Labute approximate surface area is 127 Å². The van der Waals surface area contributed by atoms with Gasteiger partial charge < -0.3 is 10.3 Å². The number of benzene rings is 1. The van der Waals surface area contributed by atoms with Gasteiger partial charge in [0.25, 0.3) is 0 Å². The van der Waals surface area contributed by atoms with Crippen LogP contribution in [0, 0.1) is 5.41 Å². The maximum atomic E-state index is 6.80. The van der Waals surface area contributed by atoms with Gasteiger partial charge in [0.1, 0.15) is 5.82 Å². The Hall–Kier alpha value is -1.35. The number of hydrogen-bond donors (Lipinski definition) is 1. The van der Waals surface area contributed by atoms with Crippen LogP contribution in [0.25, 0.3) is 11.0 Å². The molecule has 3 rings (SSSR count). The van der Waals surface area contributed by atoms with E-state index in [2.05, 4.69) is 49.6 Å². The molecule has 0 bridgehead atoms. The summed E-state index contributed by atoms with van der Waals surface area (Å²) in [6, 6.07) is 8.43. The minimum Gasteiger partial charge on any atom is -0.328 e. The molecule has 0 spiro atoms. The zero-order chi connectivity index (χ0) is 15.1. The fourth-order valence-electron chi connectivity index (χ4n) is 3.78. The van der Waals surface area contributed by atoms with Crippen molar-refractivity contribution in [3.8, 4) is 0 Å². The average molecular weight is 285 g/mol. The largest absolute Gasteiger partial charge is 0.328 e. The lowest BCUT2D eigenvalue weighted by molar-refractivity contribution is 0.202. The van der Waals surface area contributed by atoms with Crippen LogP contribution in [0.3, 0.4) is 0 Å². The van der Waals surface area contributed by atoms with E-state index in [9.17, 15) is 0 Å². The Morgan fingerprint density at radius 2 is 2.00 bits per heavy atom. The molecule has 1 aliphatic carbocycles. The standard InChI is InChI=1S/C18H27N3/c1-4-12-21-15-9-6-5-8-14(15)20-16(21)13-18(19)11-7-10-17(18,2)3/h5-6,8-9H,4,7,10-13,19H2,1-3H3. The molecule has 0 aliphatic heterocycles. The van der Waals surface area contributed by atoms with Gasteiger partial charge in [-0.25, -0.2) is 4.98 Å². The summed E-state index contributed by atoms with van der Waals surface area (Å²) in [5.41, 5.74) is 9.22. The molecule has 3 nitrogen and oxygen atoms in total. The van der Waals surface area contributed by atoms with Crippen LogP contribution >= 0.6 is 0 Å². The molecule has 2 aromatic rings. The van der Waals surface area contributed by atoms with Gasteiger partial charge in [-0.1, -0.05) is 39.3 Å². The van der Waals surface area contributed by atoms with E-state index in [4.69, 9.17) is 10.7 Å². The fourth-order valence-corrected chi connectivity index (χ4v) is 3.78. The van der Waals surface area contributed by atoms with Crippen molar-refractivity contribution in [2.45, 2.75) is 65.0 Å². The number of para-hydroxylation sites is 2. The van der Waals surface area contributed by atoms with Crippen LogP contribution in [-0.4, -0.2) is 15.1 Å². The molecular weight excluding hydrogens is 258 g/mol. The summed E-state index contributed by atoms with van der Waals surface area (Å²) in [4.78, 5) is 4.89. The normalized spacial score (nSPS) is 24.8. The van der Waals surface area contributed by atoms with Crippen molar-refractivity contribution in [2.24, 2.45) is 11.1 Å². The van der Waals surface area contributed by atoms with Crippen LogP contribution in [-0.2, 0) is 13.0 Å². The summed E-state index contributed by atoms with van der Waals surface area (Å²) in [6.45, 7) is 7.86. The van der Waals surface area contributed by atoms with E-state index in [0.717, 1.165) is 37.1 Å². The van der Waals surface area contributed by atoms with Gasteiger partial charge in [-0.05, 0) is 36.8 Å². The van der Waals surface area contributed by atoms with Crippen LogP contribution in [0.2, 0.25) is 0 Å². The van der Waals surface area contributed by atoms with Crippen LogP contribution in [0.15, 0.2) is 24.3 Å². The Kier molecular flexibility index (Phi) is 3.56. The number of aromatic nitrogens is 2. The van der Waals surface area contributed by atoms with Crippen LogP contribution in [0.1, 0.15) is 52.3 Å². The zero-order valence-corrected chi connectivity index (χ0v) is 13.5. The molecule has 0 amide bonds. The van der Waals surface area contributed by atoms with Gasteiger partial charge in [-0.3, -0.25) is 0 Å². The first-order chi connectivity index (χ1) is 9.97. The predicted octanol–water partition coefficient (Wildman–Crippen LogP) is 3.90. The highest BCUT2D eigenvalue weighted by molar-refractivity contribution is 5.75. The van der Waals surface area contributed by atoms with Gasteiger partial charge in [-0.2, -0.15) is 0 Å². The fraction of sp³-hybridized carbons (Fsp3) is 0.611. The molecule has 2 N–H and O–H groups in total. The van der Waals surface area contributed by atoms with Gasteiger partial charge >= 0.3 is 0 Å². The van der Waals surface area contributed by atoms with Crippen molar-refractivity contribution < 1.29 is 0 Å². The second kappa shape index (κ2) is 5.13. The third-order valence-electron chi connectivity index (χ3n) is 5.43. The smallest absolute Gasteiger partial charge is 0.111 e. The Balaban J connectivity index is 2.02. The van der Waals surface area contributed by atoms with E-state index < -0.39 is 0 Å². The lowest BCUT2D eigenvalue weighted by atomic mass is 9.73. The van der Waals surface area contributed by atoms with Crippen molar-refractivity contribution in [1.82, 2.24) is 9.55 Å². The average Bonchev–Trinajstić information content (AvgIpc) is 2.89. The second-order valence-electron chi connectivity index (χ2n) is 7.24. The highest BCUT2D eigenvalue weighted by Crippen LogP contribution is 2.46. The topological polar surface area (TPSA) is 43.8 Å². The first-order valence-corrected chi connectivity index (χ1v) is 8.20. The molecule has 1 aliphatic rings. The van der Waals surface area contributed by atoms with Crippen LogP contribution in [0.4, 0.5) is 0 Å². The summed E-state index contributed by atoms with van der Waals surface area (Å²) < 4.78 is 2.37. The van der Waals surface area contributed by atoms with E-state index >= 15 is 0 Å². The van der Waals surface area contributed by atoms with E-state index in [1.807, 2.05) is 0 Å². The number of imidazole rings is 1. The molecule has 1 unspecified atom stereocenters. The van der Waals surface area contributed by atoms with Crippen molar-refractivity contribution in [1.29, 1.82) is 0 Å². The maximum absolute atomic E-state index is 6.80. The molecule has 1 aromatic heterocycles. The van der Waals surface area contributed by atoms with Gasteiger partial charge in [0.05, 0.1) is 11.0 Å². The molecule has 1 fully saturated rings. The highest BCUT2D eigenvalue weighted by Gasteiger charge is 2.46. The lowest BCUT2D eigenvalue weighted by Gasteiger charge is -2.38. The molecular formula is C18H27N3. The third-order valence-corrected chi connectivity index (χ3v) is 5.43. The molecule has 21 heavy (non-hydrogen) atoms. The summed E-state index contributed by atoms with van der Waals surface area (Å²) in [5, 5.41) is 0. The SMILES string of the molecule is CCCn1c(CC2(N)CCCC2(C)C)nc2ccccc21. The summed E-state index contributed by atoms with van der Waals surface area (Å²) in [7, 11) is 0. The first kappa shape index (κ1) is 14.6. The Bertz CT molecular complexity index is 641. The van der Waals surface area contributed by atoms with E-state index in [0.29, 0.717) is 0 Å². The Morgan fingerprint density at radius 3 is 2.67 bits per heavy atom. The Morgan fingerprint density at radius 1 is 1.24 bits per heavy atom.